The van der Waals surface area contributed by atoms with Gasteiger partial charge in [-0.2, -0.15) is 0 Å². The Kier molecular flexibility index (Phi) is 6.90. The van der Waals surface area contributed by atoms with E-state index in [-0.39, 0.29) is 5.91 Å². The molecule has 1 saturated carbocycles. The summed E-state index contributed by atoms with van der Waals surface area (Å²) in [5, 5.41) is 0.755. The van der Waals surface area contributed by atoms with Crippen LogP contribution in [0.25, 0.3) is 0 Å². The fourth-order valence-corrected chi connectivity index (χ4v) is 4.03. The van der Waals surface area contributed by atoms with Gasteiger partial charge in [-0.25, -0.2) is 0 Å². The molecule has 3 fully saturated rings. The van der Waals surface area contributed by atoms with Crippen molar-refractivity contribution in [3.63, 3.8) is 0 Å². The van der Waals surface area contributed by atoms with E-state index < -0.39 is 0 Å². The zero-order chi connectivity index (χ0) is 18.5. The minimum absolute atomic E-state index is 0.263. The highest BCUT2D eigenvalue weighted by Gasteiger charge is 2.30. The number of likely N-dealkylation sites (tertiary alicyclic amines) is 1. The Labute approximate surface area is 162 Å². The van der Waals surface area contributed by atoms with Gasteiger partial charge in [0.25, 0.3) is 0 Å². The molecule has 0 radical (unpaired) electrons. The van der Waals surface area contributed by atoms with Crippen LogP contribution >= 0.6 is 11.6 Å². The summed E-state index contributed by atoms with van der Waals surface area (Å²) in [4.78, 5) is 24.0. The van der Waals surface area contributed by atoms with Gasteiger partial charge >= 0.3 is 0 Å². The number of carbonyl (C=O) groups excluding carboxylic acids is 1. The van der Waals surface area contributed by atoms with Gasteiger partial charge in [0.1, 0.15) is 0 Å². The number of hydrogen-bond donors (Lipinski definition) is 0. The van der Waals surface area contributed by atoms with Crippen molar-refractivity contribution in [3.8, 4) is 0 Å². The third-order valence-electron chi connectivity index (χ3n) is 5.83. The van der Waals surface area contributed by atoms with Gasteiger partial charge in [-0.15, -0.1) is 0 Å². The summed E-state index contributed by atoms with van der Waals surface area (Å²) in [7, 11) is 1.84. The Balaban J connectivity index is 1.51. The molecule has 1 amide bonds. The number of piperidine rings is 1. The van der Waals surface area contributed by atoms with Crippen molar-refractivity contribution in [1.82, 2.24) is 14.7 Å². The molecule has 0 unspecified atom stereocenters. The average molecular weight is 379 g/mol. The zero-order valence-electron chi connectivity index (χ0n) is 16.1. The third-order valence-corrected chi connectivity index (χ3v) is 5.96. The molecule has 0 aromatic heterocycles. The minimum Gasteiger partial charge on any atom is -0.339 e. The number of allylic oxidation sites excluding steroid dienone is 3. The van der Waals surface area contributed by atoms with Crippen LogP contribution in [-0.2, 0) is 4.79 Å². The summed E-state index contributed by atoms with van der Waals surface area (Å²) in [5.74, 6) is 0.263. The van der Waals surface area contributed by atoms with E-state index in [9.17, 15) is 4.79 Å². The van der Waals surface area contributed by atoms with Crippen molar-refractivity contribution in [1.29, 1.82) is 0 Å². The molecular formula is C20H31ClN4O. The highest BCUT2D eigenvalue weighted by atomic mass is 35.5. The standard InChI is InChI=1S/C20H31ClN4O/c1-16(21)6-7-17-14-23(9-8-19(17)22-2)15-20(26)25-12-10-24(11-13-25)18-4-3-5-18/h6-7,18H,3-5,8-15H2,1-2H3/b16-6+,17-7-,22-19?. The van der Waals surface area contributed by atoms with Crippen molar-refractivity contribution in [2.75, 3.05) is 52.9 Å². The monoisotopic (exact) mass is 378 g/mol. The number of halogens is 1. The molecule has 2 heterocycles. The number of rotatable bonds is 4. The molecule has 0 spiro atoms. The molecule has 0 atom stereocenters. The summed E-state index contributed by atoms with van der Waals surface area (Å²) in [6.45, 7) is 7.85. The van der Waals surface area contributed by atoms with Crippen molar-refractivity contribution >= 4 is 23.2 Å². The smallest absolute Gasteiger partial charge is 0.236 e. The van der Waals surface area contributed by atoms with Gasteiger partial charge in [-0.3, -0.25) is 19.6 Å². The Morgan fingerprint density at radius 1 is 1.23 bits per heavy atom. The molecule has 0 aromatic rings. The van der Waals surface area contributed by atoms with E-state index in [0.717, 1.165) is 62.5 Å². The SMILES string of the molecule is CN=C1CCN(CC(=O)N2CCN(C3CCC3)CC2)C/C1=C/C=C(\C)Cl. The molecule has 26 heavy (non-hydrogen) atoms. The number of nitrogens with zero attached hydrogens (tertiary/aromatic N) is 4. The molecule has 6 heteroatoms. The van der Waals surface area contributed by atoms with Crippen LogP contribution in [0, 0.1) is 0 Å². The van der Waals surface area contributed by atoms with Crippen LogP contribution in [0.5, 0.6) is 0 Å². The fourth-order valence-electron chi connectivity index (χ4n) is 3.97. The van der Waals surface area contributed by atoms with E-state index in [0.29, 0.717) is 6.54 Å². The van der Waals surface area contributed by atoms with Gasteiger partial charge in [0.15, 0.2) is 0 Å². The quantitative estimate of drug-likeness (QED) is 0.754. The van der Waals surface area contributed by atoms with Crippen LogP contribution in [0.15, 0.2) is 27.7 Å². The lowest BCUT2D eigenvalue weighted by molar-refractivity contribution is -0.134. The summed E-state index contributed by atoms with van der Waals surface area (Å²) in [5.41, 5.74) is 2.29. The molecule has 0 aromatic carbocycles. The van der Waals surface area contributed by atoms with Crippen LogP contribution in [-0.4, -0.2) is 85.2 Å². The molecule has 3 aliphatic rings. The van der Waals surface area contributed by atoms with Gasteiger partial charge < -0.3 is 4.90 Å². The first kappa shape index (κ1) is 19.6. The van der Waals surface area contributed by atoms with Crippen molar-refractivity contribution < 1.29 is 4.79 Å². The maximum Gasteiger partial charge on any atom is 0.236 e. The molecule has 5 nitrogen and oxygen atoms in total. The van der Waals surface area contributed by atoms with E-state index in [1.807, 2.05) is 31.0 Å². The number of piperazine rings is 1. The lowest BCUT2D eigenvalue weighted by Gasteiger charge is -2.43. The van der Waals surface area contributed by atoms with E-state index in [1.165, 1.54) is 24.8 Å². The highest BCUT2D eigenvalue weighted by molar-refractivity contribution is 6.29. The zero-order valence-corrected chi connectivity index (χ0v) is 16.8. The molecule has 0 N–H and O–H groups in total. The molecule has 3 rings (SSSR count). The van der Waals surface area contributed by atoms with Gasteiger partial charge in [0, 0.05) is 69.5 Å². The molecular weight excluding hydrogens is 348 g/mol. The van der Waals surface area contributed by atoms with Crippen LogP contribution in [0.4, 0.5) is 0 Å². The Morgan fingerprint density at radius 3 is 2.54 bits per heavy atom. The van der Waals surface area contributed by atoms with E-state index in [1.54, 1.807) is 0 Å². The predicted molar refractivity (Wildman–Crippen MR) is 108 cm³/mol. The van der Waals surface area contributed by atoms with E-state index >= 15 is 0 Å². The lowest BCUT2D eigenvalue weighted by atomic mass is 9.91. The highest BCUT2D eigenvalue weighted by Crippen LogP contribution is 2.25. The van der Waals surface area contributed by atoms with Crippen molar-refractivity contribution in [3.05, 3.63) is 22.8 Å². The molecule has 1 aliphatic carbocycles. The molecule has 144 valence electrons. The summed E-state index contributed by atoms with van der Waals surface area (Å²) < 4.78 is 0. The maximum absolute atomic E-state index is 12.7. The largest absolute Gasteiger partial charge is 0.339 e. The number of carbonyl (C=O) groups is 1. The lowest BCUT2D eigenvalue weighted by Crippen LogP contribution is -2.55. The first-order chi connectivity index (χ1) is 12.6. The minimum atomic E-state index is 0.263. The van der Waals surface area contributed by atoms with E-state index in [4.69, 9.17) is 11.6 Å². The van der Waals surface area contributed by atoms with Crippen LogP contribution in [0.3, 0.4) is 0 Å². The molecule has 0 bridgehead atoms. The molecule has 2 aliphatic heterocycles. The van der Waals surface area contributed by atoms with Crippen LogP contribution < -0.4 is 0 Å². The normalized spacial score (nSPS) is 27.2. The number of hydrogen-bond acceptors (Lipinski definition) is 4. The fraction of sp³-hybridized carbons (Fsp3) is 0.700. The first-order valence-corrected chi connectivity index (χ1v) is 10.2. The maximum atomic E-state index is 12.7. The predicted octanol–water partition coefficient (Wildman–Crippen LogP) is 2.53. The summed E-state index contributed by atoms with van der Waals surface area (Å²) in [6, 6.07) is 0.784. The topological polar surface area (TPSA) is 39.2 Å². The van der Waals surface area contributed by atoms with Gasteiger partial charge in [-0.05, 0) is 31.4 Å². The van der Waals surface area contributed by atoms with Crippen molar-refractivity contribution in [2.45, 2.75) is 38.6 Å². The number of aliphatic imine (C=N–C) groups is 1. The van der Waals surface area contributed by atoms with Crippen molar-refractivity contribution in [2.24, 2.45) is 4.99 Å². The third kappa shape index (κ3) is 4.96. The first-order valence-electron chi connectivity index (χ1n) is 9.80. The second-order valence-electron chi connectivity index (χ2n) is 7.58. The van der Waals surface area contributed by atoms with Gasteiger partial charge in [0.2, 0.25) is 5.91 Å². The van der Waals surface area contributed by atoms with Crippen LogP contribution in [0.2, 0.25) is 0 Å². The second-order valence-corrected chi connectivity index (χ2v) is 8.17. The molecule has 2 saturated heterocycles. The Hall–Kier alpha value is -1.17. The summed E-state index contributed by atoms with van der Waals surface area (Å²) in [6.07, 6.45) is 8.89. The average Bonchev–Trinajstić information content (AvgIpc) is 2.59. The Morgan fingerprint density at radius 2 is 1.96 bits per heavy atom. The second kappa shape index (κ2) is 9.16. The van der Waals surface area contributed by atoms with Crippen LogP contribution in [0.1, 0.15) is 32.6 Å². The number of amides is 1. The Bertz CT molecular complexity index is 597. The summed E-state index contributed by atoms with van der Waals surface area (Å²) >= 11 is 5.96. The van der Waals surface area contributed by atoms with E-state index in [2.05, 4.69) is 14.8 Å². The van der Waals surface area contributed by atoms with Gasteiger partial charge in [0.05, 0.1) is 6.54 Å². The van der Waals surface area contributed by atoms with Gasteiger partial charge in [-0.1, -0.05) is 24.1 Å².